The number of esters is 2. The van der Waals surface area contributed by atoms with E-state index in [0.717, 1.165) is 70.6 Å². The molecule has 10 heteroatoms. The quantitative estimate of drug-likeness (QED) is 0.0199. The average molecular weight is 818 g/mol. The van der Waals surface area contributed by atoms with Crippen LogP contribution in [0.5, 0.6) is 0 Å². The monoisotopic (exact) mass is 818 g/mol. The lowest BCUT2D eigenvalue weighted by atomic mass is 10.1. The number of likely N-dealkylation sites (N-methyl/N-ethyl adjacent to an activating group) is 1. The van der Waals surface area contributed by atoms with Crippen LogP contribution in [0.25, 0.3) is 0 Å². The van der Waals surface area contributed by atoms with Gasteiger partial charge in [-0.3, -0.25) is 14.2 Å². The lowest BCUT2D eigenvalue weighted by Gasteiger charge is -2.28. The third-order valence-electron chi connectivity index (χ3n) is 8.65. The number of rotatable bonds is 38. The number of ether oxygens (including phenoxy) is 2. The first-order chi connectivity index (χ1) is 27.5. The summed E-state index contributed by atoms with van der Waals surface area (Å²) >= 11 is 0. The molecule has 0 aliphatic carbocycles. The molecule has 0 saturated heterocycles. The molecule has 57 heavy (non-hydrogen) atoms. The van der Waals surface area contributed by atoms with Crippen LogP contribution in [0.4, 0.5) is 0 Å². The van der Waals surface area contributed by atoms with Gasteiger partial charge in [0.25, 0.3) is 7.82 Å². The van der Waals surface area contributed by atoms with Crippen LogP contribution in [0.2, 0.25) is 0 Å². The number of hydrogen-bond acceptors (Lipinski definition) is 8. The first-order valence-electron chi connectivity index (χ1n) is 21.8. The molecule has 2 atom stereocenters. The Hall–Kier alpha value is -2.81. The van der Waals surface area contributed by atoms with Gasteiger partial charge in [-0.1, -0.05) is 144 Å². The van der Waals surface area contributed by atoms with E-state index < -0.39 is 32.5 Å². The van der Waals surface area contributed by atoms with Crippen LogP contribution in [0.3, 0.4) is 0 Å². The van der Waals surface area contributed by atoms with E-state index in [2.05, 4.69) is 86.8 Å². The first-order valence-corrected chi connectivity index (χ1v) is 23.3. The molecule has 0 aromatic rings. The number of quaternary nitrogens is 1. The summed E-state index contributed by atoms with van der Waals surface area (Å²) in [6, 6.07) is 0. The van der Waals surface area contributed by atoms with Gasteiger partial charge in [-0.2, -0.15) is 0 Å². The molecule has 0 N–H and O–H groups in total. The minimum atomic E-state index is -4.65. The molecule has 0 rings (SSSR count). The molecule has 1 unspecified atom stereocenters. The van der Waals surface area contributed by atoms with Crippen molar-refractivity contribution in [1.29, 1.82) is 0 Å². The fourth-order valence-corrected chi connectivity index (χ4v) is 5.91. The maximum atomic E-state index is 12.6. The minimum Gasteiger partial charge on any atom is -0.756 e. The van der Waals surface area contributed by atoms with Gasteiger partial charge in [0.2, 0.25) is 0 Å². The summed E-state index contributed by atoms with van der Waals surface area (Å²) in [6.07, 6.45) is 49.1. The van der Waals surface area contributed by atoms with E-state index in [4.69, 9.17) is 18.5 Å². The van der Waals surface area contributed by atoms with Crippen LogP contribution in [-0.2, 0) is 32.7 Å². The van der Waals surface area contributed by atoms with Crippen molar-refractivity contribution in [2.75, 3.05) is 47.5 Å². The van der Waals surface area contributed by atoms with Gasteiger partial charge in [0.1, 0.15) is 19.8 Å². The number of carbonyl (C=O) groups excluding carboxylic acids is 2. The fraction of sp³-hybridized carbons (Fsp3) is 0.660. The van der Waals surface area contributed by atoms with E-state index in [1.54, 1.807) is 0 Å². The van der Waals surface area contributed by atoms with Crippen molar-refractivity contribution >= 4 is 19.8 Å². The Morgan fingerprint density at radius 2 is 1.00 bits per heavy atom. The minimum absolute atomic E-state index is 0.0492. The predicted octanol–water partition coefficient (Wildman–Crippen LogP) is 11.8. The lowest BCUT2D eigenvalue weighted by molar-refractivity contribution is -0.870. The Balaban J connectivity index is 4.52. The Bertz CT molecular complexity index is 1240. The summed E-state index contributed by atoms with van der Waals surface area (Å²) in [6.45, 7) is 4.03. The number of phosphoric ester groups is 1. The molecule has 0 spiro atoms. The zero-order valence-electron chi connectivity index (χ0n) is 36.5. The van der Waals surface area contributed by atoms with Gasteiger partial charge in [0.05, 0.1) is 27.7 Å². The SMILES string of the molecule is CCCC/C=C/C/C=C/CCCCCCCC(=O)O[C@@H](COC(=O)CC/C=C/C/C=C/C/C=C/C/C=C/C/C=C/CCCCC)COP(=O)([O-])OCC[N+](C)(C)C. The highest BCUT2D eigenvalue weighted by atomic mass is 31.2. The Morgan fingerprint density at radius 3 is 1.53 bits per heavy atom. The van der Waals surface area contributed by atoms with Crippen LogP contribution in [0, 0.1) is 0 Å². The molecule has 9 nitrogen and oxygen atoms in total. The Labute approximate surface area is 348 Å². The van der Waals surface area contributed by atoms with E-state index in [1.807, 2.05) is 33.3 Å². The van der Waals surface area contributed by atoms with E-state index in [9.17, 15) is 19.0 Å². The summed E-state index contributed by atoms with van der Waals surface area (Å²) in [5, 5.41) is 0. The molecular formula is C47H80NO8P. The van der Waals surface area contributed by atoms with Gasteiger partial charge in [-0.05, 0) is 77.0 Å². The molecular weight excluding hydrogens is 737 g/mol. The molecule has 0 radical (unpaired) electrons. The van der Waals surface area contributed by atoms with E-state index >= 15 is 0 Å². The van der Waals surface area contributed by atoms with Crippen LogP contribution < -0.4 is 4.89 Å². The molecule has 0 heterocycles. The number of hydrogen-bond donors (Lipinski definition) is 0. The second kappa shape index (κ2) is 38.7. The van der Waals surface area contributed by atoms with Crippen molar-refractivity contribution in [3.05, 3.63) is 85.1 Å². The summed E-state index contributed by atoms with van der Waals surface area (Å²) in [7, 11) is 1.10. The third kappa shape index (κ3) is 42.6. The standard InChI is InChI=1S/C47H80NO8P/c1-6-8-10-12-14-16-18-20-22-23-24-25-26-28-29-31-33-35-37-39-46(49)53-43-45(44-55-57(51,52)54-42-41-48(3,4)5)56-47(50)40-38-36-34-32-30-27-21-19-17-15-13-11-9-7-2/h13-16,19-22,24-25,28-29,33,35,45H,6-12,17-18,23,26-27,30-32,34,36-44H2,1-5H3/b15-13+,16-14+,21-19+,22-20+,25-24+,29-28+,35-33+/t45-/m0/s1. The van der Waals surface area contributed by atoms with Gasteiger partial charge in [-0.15, -0.1) is 0 Å². The smallest absolute Gasteiger partial charge is 0.306 e. The first kappa shape index (κ1) is 54.2. The predicted molar refractivity (Wildman–Crippen MR) is 236 cm³/mol. The van der Waals surface area contributed by atoms with Gasteiger partial charge < -0.3 is 27.9 Å². The number of unbranched alkanes of at least 4 members (excludes halogenated alkanes) is 10. The molecule has 0 aliphatic rings. The topological polar surface area (TPSA) is 111 Å². The van der Waals surface area contributed by atoms with Crippen LogP contribution in [0.1, 0.15) is 149 Å². The summed E-state index contributed by atoms with van der Waals surface area (Å²) in [5.41, 5.74) is 0. The summed E-state index contributed by atoms with van der Waals surface area (Å²) in [5.74, 6) is -0.956. The van der Waals surface area contributed by atoms with Crippen LogP contribution >= 0.6 is 7.82 Å². The van der Waals surface area contributed by atoms with Crippen molar-refractivity contribution in [2.24, 2.45) is 0 Å². The Morgan fingerprint density at radius 1 is 0.544 bits per heavy atom. The fourth-order valence-electron chi connectivity index (χ4n) is 5.18. The molecule has 0 aromatic carbocycles. The maximum Gasteiger partial charge on any atom is 0.306 e. The molecule has 0 saturated carbocycles. The second-order valence-electron chi connectivity index (χ2n) is 15.3. The van der Waals surface area contributed by atoms with E-state index in [1.165, 1.54) is 38.5 Å². The zero-order chi connectivity index (χ0) is 42.1. The maximum absolute atomic E-state index is 12.6. The van der Waals surface area contributed by atoms with Crippen LogP contribution in [-0.4, -0.2) is 70.0 Å². The lowest BCUT2D eigenvalue weighted by Crippen LogP contribution is -2.37. The van der Waals surface area contributed by atoms with E-state index in [-0.39, 0.29) is 26.1 Å². The normalized spacial score (nSPS) is 14.4. The number of allylic oxidation sites excluding steroid dienone is 14. The Kier molecular flexibility index (Phi) is 36.8. The van der Waals surface area contributed by atoms with Gasteiger partial charge in [-0.25, -0.2) is 0 Å². The van der Waals surface area contributed by atoms with Crippen molar-refractivity contribution in [1.82, 2.24) is 0 Å². The van der Waals surface area contributed by atoms with Crippen molar-refractivity contribution in [3.63, 3.8) is 0 Å². The summed E-state index contributed by atoms with van der Waals surface area (Å²) in [4.78, 5) is 37.5. The number of carbonyl (C=O) groups is 2. The zero-order valence-corrected chi connectivity index (χ0v) is 37.4. The largest absolute Gasteiger partial charge is 0.756 e. The highest BCUT2D eigenvalue weighted by Gasteiger charge is 2.21. The van der Waals surface area contributed by atoms with Gasteiger partial charge in [0, 0.05) is 12.8 Å². The average Bonchev–Trinajstić information content (AvgIpc) is 3.16. The van der Waals surface area contributed by atoms with Crippen molar-refractivity contribution in [2.45, 2.75) is 155 Å². The van der Waals surface area contributed by atoms with Crippen molar-refractivity contribution in [3.8, 4) is 0 Å². The summed E-state index contributed by atoms with van der Waals surface area (Å²) < 4.78 is 33.8. The molecule has 326 valence electrons. The number of phosphoric acid groups is 1. The number of nitrogens with zero attached hydrogens (tertiary/aromatic N) is 1. The van der Waals surface area contributed by atoms with Crippen molar-refractivity contribution < 1.29 is 42.1 Å². The van der Waals surface area contributed by atoms with Gasteiger partial charge >= 0.3 is 11.9 Å². The molecule has 0 aliphatic heterocycles. The molecule has 0 aromatic heterocycles. The highest BCUT2D eigenvalue weighted by molar-refractivity contribution is 7.45. The third-order valence-corrected chi connectivity index (χ3v) is 9.62. The second-order valence-corrected chi connectivity index (χ2v) is 16.8. The molecule has 0 amide bonds. The highest BCUT2D eigenvalue weighted by Crippen LogP contribution is 2.38. The molecule has 0 bridgehead atoms. The van der Waals surface area contributed by atoms with Crippen LogP contribution in [0.15, 0.2) is 85.1 Å². The molecule has 0 fully saturated rings. The van der Waals surface area contributed by atoms with Gasteiger partial charge in [0.15, 0.2) is 6.10 Å². The van der Waals surface area contributed by atoms with E-state index in [0.29, 0.717) is 23.9 Å².